The molecule has 0 radical (unpaired) electrons. The number of amides is 1. The highest BCUT2D eigenvalue weighted by Crippen LogP contribution is 2.02. The van der Waals surface area contributed by atoms with Crippen molar-refractivity contribution in [3.05, 3.63) is 12.2 Å². The molecule has 0 rings (SSSR count). The van der Waals surface area contributed by atoms with Crippen LogP contribution in [0.15, 0.2) is 12.2 Å². The van der Waals surface area contributed by atoms with Crippen LogP contribution in [0.3, 0.4) is 0 Å². The Kier molecular flexibility index (Phi) is 7.44. The van der Waals surface area contributed by atoms with Crippen molar-refractivity contribution >= 4 is 17.5 Å². The fourth-order valence-electron chi connectivity index (χ4n) is 1.15. The van der Waals surface area contributed by atoms with Crippen LogP contribution in [0.2, 0.25) is 0 Å². The predicted molar refractivity (Wildman–Crippen MR) is 65.3 cm³/mol. The van der Waals surface area contributed by atoms with Crippen LogP contribution in [0, 0.1) is 0 Å². The summed E-state index contributed by atoms with van der Waals surface area (Å²) < 4.78 is 0. The summed E-state index contributed by atoms with van der Waals surface area (Å²) in [6, 6.07) is 0.0517. The smallest absolute Gasteiger partial charge is 0.246 e. The Hall–Kier alpha value is -0.540. The molecular weight excluding hydrogens is 212 g/mol. The Balaban J connectivity index is 3.83. The van der Waals surface area contributed by atoms with Gasteiger partial charge in [0.15, 0.2) is 0 Å². The molecule has 0 spiro atoms. The van der Waals surface area contributed by atoms with Gasteiger partial charge in [-0.05, 0) is 40.4 Å². The molecule has 0 fully saturated rings. The van der Waals surface area contributed by atoms with Gasteiger partial charge < -0.3 is 10.2 Å². The van der Waals surface area contributed by atoms with Gasteiger partial charge in [0.05, 0.1) is 0 Å². The summed E-state index contributed by atoms with van der Waals surface area (Å²) in [5.74, 6) is 0.345. The Morgan fingerprint density at radius 1 is 1.53 bits per heavy atom. The minimum Gasteiger partial charge on any atom is -0.348 e. The molecule has 1 unspecified atom stereocenters. The van der Waals surface area contributed by atoms with Gasteiger partial charge in [0, 0.05) is 17.5 Å². The van der Waals surface area contributed by atoms with Gasteiger partial charge in [-0.1, -0.05) is 6.58 Å². The largest absolute Gasteiger partial charge is 0.348 e. The summed E-state index contributed by atoms with van der Waals surface area (Å²) in [5.41, 5.74) is 0.526. The highest BCUT2D eigenvalue weighted by atomic mass is 35.5. The van der Waals surface area contributed by atoms with Crippen LogP contribution >= 0.6 is 11.6 Å². The van der Waals surface area contributed by atoms with Crippen molar-refractivity contribution < 1.29 is 4.79 Å². The number of nitrogens with zero attached hydrogens (tertiary/aromatic N) is 1. The summed E-state index contributed by atoms with van der Waals surface area (Å²) >= 11 is 5.77. The topological polar surface area (TPSA) is 32.3 Å². The van der Waals surface area contributed by atoms with E-state index in [1.807, 2.05) is 14.1 Å². The van der Waals surface area contributed by atoms with E-state index < -0.39 is 0 Å². The Labute approximate surface area is 97.5 Å². The summed E-state index contributed by atoms with van der Waals surface area (Å²) in [6.07, 6.45) is 1.93. The van der Waals surface area contributed by atoms with Crippen molar-refractivity contribution in [3.8, 4) is 0 Å². The molecule has 15 heavy (non-hydrogen) atoms. The van der Waals surface area contributed by atoms with Crippen molar-refractivity contribution in [1.29, 1.82) is 0 Å². The van der Waals surface area contributed by atoms with Gasteiger partial charge in [0.1, 0.15) is 0 Å². The van der Waals surface area contributed by atoms with Gasteiger partial charge in [-0.15, -0.1) is 11.6 Å². The zero-order valence-electron chi connectivity index (χ0n) is 9.85. The van der Waals surface area contributed by atoms with E-state index in [2.05, 4.69) is 16.8 Å². The molecule has 1 atom stereocenters. The van der Waals surface area contributed by atoms with E-state index in [4.69, 9.17) is 11.6 Å². The first-order valence-corrected chi connectivity index (χ1v) is 5.68. The molecule has 0 aromatic rings. The van der Waals surface area contributed by atoms with Gasteiger partial charge in [-0.25, -0.2) is 0 Å². The SMILES string of the molecule is C=C(C)C(=O)NC(CCl)CCCN(C)C. The van der Waals surface area contributed by atoms with Crippen LogP contribution in [0.5, 0.6) is 0 Å². The molecule has 0 aliphatic heterocycles. The van der Waals surface area contributed by atoms with E-state index in [1.165, 1.54) is 0 Å². The number of rotatable bonds is 7. The molecule has 88 valence electrons. The lowest BCUT2D eigenvalue weighted by molar-refractivity contribution is -0.118. The number of alkyl halides is 1. The molecular formula is C11H21ClN2O. The number of hydrogen-bond acceptors (Lipinski definition) is 2. The summed E-state index contributed by atoms with van der Waals surface area (Å²) in [6.45, 7) is 6.29. The molecule has 4 heteroatoms. The maximum atomic E-state index is 11.3. The predicted octanol–water partition coefficient (Wildman–Crippen LogP) is 1.63. The maximum Gasteiger partial charge on any atom is 0.246 e. The Bertz CT molecular complexity index is 217. The van der Waals surface area contributed by atoms with Gasteiger partial charge in [-0.3, -0.25) is 4.79 Å². The van der Waals surface area contributed by atoms with Crippen molar-refractivity contribution in [1.82, 2.24) is 10.2 Å². The van der Waals surface area contributed by atoms with Crippen molar-refractivity contribution in [2.75, 3.05) is 26.5 Å². The molecule has 0 saturated heterocycles. The molecule has 0 aromatic heterocycles. The van der Waals surface area contributed by atoms with E-state index in [1.54, 1.807) is 6.92 Å². The van der Waals surface area contributed by atoms with Crippen LogP contribution in [-0.4, -0.2) is 43.4 Å². The van der Waals surface area contributed by atoms with E-state index >= 15 is 0 Å². The quantitative estimate of drug-likeness (QED) is 0.535. The van der Waals surface area contributed by atoms with Gasteiger partial charge >= 0.3 is 0 Å². The highest BCUT2D eigenvalue weighted by Gasteiger charge is 2.11. The zero-order valence-corrected chi connectivity index (χ0v) is 10.6. The van der Waals surface area contributed by atoms with Crippen LogP contribution in [0.25, 0.3) is 0 Å². The number of hydrogen-bond donors (Lipinski definition) is 1. The third kappa shape index (κ3) is 7.40. The first-order chi connectivity index (χ1) is 6.97. The Morgan fingerprint density at radius 2 is 2.13 bits per heavy atom. The molecule has 0 saturated carbocycles. The number of carbonyl (C=O) groups excluding carboxylic acids is 1. The van der Waals surface area contributed by atoms with Gasteiger partial charge in [0.25, 0.3) is 0 Å². The second-order valence-electron chi connectivity index (χ2n) is 4.05. The number of halogens is 1. The molecule has 1 N–H and O–H groups in total. The van der Waals surface area contributed by atoms with E-state index in [-0.39, 0.29) is 11.9 Å². The van der Waals surface area contributed by atoms with Crippen LogP contribution in [0.1, 0.15) is 19.8 Å². The number of nitrogens with one attached hydrogen (secondary N) is 1. The zero-order chi connectivity index (χ0) is 11.8. The molecule has 0 heterocycles. The van der Waals surface area contributed by atoms with E-state index in [0.717, 1.165) is 19.4 Å². The third-order valence-electron chi connectivity index (χ3n) is 2.07. The molecule has 1 amide bonds. The van der Waals surface area contributed by atoms with Crippen LogP contribution in [0.4, 0.5) is 0 Å². The third-order valence-corrected chi connectivity index (χ3v) is 2.44. The lowest BCUT2D eigenvalue weighted by Gasteiger charge is -2.17. The molecule has 0 aliphatic carbocycles. The monoisotopic (exact) mass is 232 g/mol. The number of carbonyl (C=O) groups is 1. The minimum atomic E-state index is -0.106. The first kappa shape index (κ1) is 14.5. The lowest BCUT2D eigenvalue weighted by atomic mass is 10.1. The first-order valence-electron chi connectivity index (χ1n) is 5.14. The fraction of sp³-hybridized carbons (Fsp3) is 0.727. The maximum absolute atomic E-state index is 11.3. The lowest BCUT2D eigenvalue weighted by Crippen LogP contribution is -2.36. The van der Waals surface area contributed by atoms with E-state index in [9.17, 15) is 4.79 Å². The average Bonchev–Trinajstić information content (AvgIpc) is 2.15. The minimum absolute atomic E-state index is 0.0517. The van der Waals surface area contributed by atoms with E-state index in [0.29, 0.717) is 11.5 Å². The van der Waals surface area contributed by atoms with Gasteiger partial charge in [0.2, 0.25) is 5.91 Å². The van der Waals surface area contributed by atoms with Crippen molar-refractivity contribution in [2.45, 2.75) is 25.8 Å². The molecule has 0 bridgehead atoms. The van der Waals surface area contributed by atoms with Gasteiger partial charge in [-0.2, -0.15) is 0 Å². The summed E-state index contributed by atoms with van der Waals surface area (Å²) in [4.78, 5) is 13.4. The molecule has 3 nitrogen and oxygen atoms in total. The summed E-state index contributed by atoms with van der Waals surface area (Å²) in [7, 11) is 4.06. The highest BCUT2D eigenvalue weighted by molar-refractivity contribution is 6.18. The second-order valence-corrected chi connectivity index (χ2v) is 4.36. The second kappa shape index (κ2) is 7.71. The van der Waals surface area contributed by atoms with Crippen molar-refractivity contribution in [2.24, 2.45) is 0 Å². The Morgan fingerprint density at radius 3 is 2.53 bits per heavy atom. The molecule has 0 aromatic carbocycles. The van der Waals surface area contributed by atoms with Crippen molar-refractivity contribution in [3.63, 3.8) is 0 Å². The van der Waals surface area contributed by atoms with Crippen LogP contribution in [-0.2, 0) is 4.79 Å². The van der Waals surface area contributed by atoms with Crippen LogP contribution < -0.4 is 5.32 Å². The normalized spacial score (nSPS) is 12.6. The molecule has 0 aliphatic rings. The summed E-state index contributed by atoms with van der Waals surface area (Å²) in [5, 5.41) is 2.85. The fourth-order valence-corrected chi connectivity index (χ4v) is 1.38. The standard InChI is InChI=1S/C11H21ClN2O/c1-9(2)11(15)13-10(8-12)6-5-7-14(3)4/h10H,1,5-8H2,2-4H3,(H,13,15). The average molecular weight is 233 g/mol.